The maximum atomic E-state index is 13.4. The number of hydrogen-bond donors (Lipinski definition) is 2. The molecule has 1 aliphatic carbocycles. The van der Waals surface area contributed by atoms with Gasteiger partial charge < -0.3 is 15.5 Å². The van der Waals surface area contributed by atoms with Crippen molar-refractivity contribution in [3.8, 4) is 0 Å². The van der Waals surface area contributed by atoms with E-state index in [1.165, 1.54) is 18.7 Å². The van der Waals surface area contributed by atoms with Crippen LogP contribution in [0.4, 0.5) is 30.5 Å². The first-order valence-corrected chi connectivity index (χ1v) is 13.4. The molecule has 0 atom stereocenters. The van der Waals surface area contributed by atoms with E-state index in [0.717, 1.165) is 32.0 Å². The number of rotatable bonds is 9. The maximum Gasteiger partial charge on any atom is 0.418 e. The van der Waals surface area contributed by atoms with Gasteiger partial charge in [-0.25, -0.2) is 9.97 Å². The van der Waals surface area contributed by atoms with Gasteiger partial charge in [-0.2, -0.15) is 13.2 Å². The summed E-state index contributed by atoms with van der Waals surface area (Å²) in [5.74, 6) is 0.245. The van der Waals surface area contributed by atoms with Gasteiger partial charge in [-0.15, -0.1) is 0 Å². The van der Waals surface area contributed by atoms with Gasteiger partial charge in [0.05, 0.1) is 46.4 Å². The summed E-state index contributed by atoms with van der Waals surface area (Å²) in [6, 6.07) is 7.33. The third-order valence-electron chi connectivity index (χ3n) is 7.45. The molecule has 1 saturated heterocycles. The first kappa shape index (κ1) is 27.5. The topological polar surface area (TPSA) is 100 Å². The number of nitrogens with zero attached hydrogens (tertiary/aromatic N) is 4. The molecule has 8 nitrogen and oxygen atoms in total. The Labute approximate surface area is 230 Å². The molecule has 1 aromatic carbocycles. The Balaban J connectivity index is 1.14. The highest BCUT2D eigenvalue weighted by atomic mass is 19.4. The lowest BCUT2D eigenvalue weighted by Crippen LogP contribution is -2.33. The fraction of sp³-hybridized carbons (Fsp3) is 0.414. The molecule has 0 radical (unpaired) electrons. The molecule has 11 heteroatoms. The van der Waals surface area contributed by atoms with Gasteiger partial charge in [0.2, 0.25) is 11.9 Å². The molecule has 1 aliphatic heterocycles. The number of amides is 1. The summed E-state index contributed by atoms with van der Waals surface area (Å²) in [4.78, 5) is 41.0. The third-order valence-corrected chi connectivity index (χ3v) is 7.45. The summed E-state index contributed by atoms with van der Waals surface area (Å²) in [5.41, 5.74) is 0.280. The van der Waals surface area contributed by atoms with Crippen molar-refractivity contribution < 1.29 is 22.8 Å². The third kappa shape index (κ3) is 6.40. The average molecular weight is 553 g/mol. The second-order valence-corrected chi connectivity index (χ2v) is 10.6. The van der Waals surface area contributed by atoms with E-state index in [1.54, 1.807) is 37.5 Å². The number of alkyl halides is 3. The molecule has 2 aromatic heterocycles. The van der Waals surface area contributed by atoms with Gasteiger partial charge in [0, 0.05) is 31.9 Å². The van der Waals surface area contributed by atoms with Crippen molar-refractivity contribution in [2.45, 2.75) is 58.2 Å². The summed E-state index contributed by atoms with van der Waals surface area (Å²) in [7, 11) is 0. The quantitative estimate of drug-likeness (QED) is 0.333. The van der Waals surface area contributed by atoms with Crippen LogP contribution in [0.1, 0.15) is 65.7 Å². The van der Waals surface area contributed by atoms with Gasteiger partial charge in [-0.3, -0.25) is 14.6 Å². The number of anilines is 3. The Bertz CT molecular complexity index is 1370. The molecule has 2 fully saturated rings. The van der Waals surface area contributed by atoms with Crippen LogP contribution in [0, 0.1) is 12.3 Å². The Kier molecular flexibility index (Phi) is 7.73. The zero-order valence-electron chi connectivity index (χ0n) is 22.2. The van der Waals surface area contributed by atoms with E-state index in [1.807, 2.05) is 0 Å². The normalized spacial score (nSPS) is 16.4. The summed E-state index contributed by atoms with van der Waals surface area (Å²) in [6.45, 7) is 3.57. The van der Waals surface area contributed by atoms with Gasteiger partial charge in [-0.05, 0) is 63.3 Å². The molecule has 2 N–H and O–H groups in total. The number of piperidine rings is 1. The number of Topliss-reactive ketones (excluding diaryl/α,β-unsaturated/α-hetero) is 1. The first-order valence-electron chi connectivity index (χ1n) is 13.4. The SMILES string of the molecule is Cc1ccc(Nc2ccc(CNC(=O)C3(CC(=O)c4cnc(N5CCCCC5)nc4)CC3)nc2)c(C(F)(F)F)c1. The maximum absolute atomic E-state index is 13.4. The van der Waals surface area contributed by atoms with Gasteiger partial charge in [0.1, 0.15) is 0 Å². The van der Waals surface area contributed by atoms with Gasteiger partial charge >= 0.3 is 6.18 Å². The van der Waals surface area contributed by atoms with E-state index < -0.39 is 17.2 Å². The van der Waals surface area contributed by atoms with E-state index in [2.05, 4.69) is 30.5 Å². The minimum absolute atomic E-state index is 0.0622. The molecule has 3 heterocycles. The molecule has 0 spiro atoms. The van der Waals surface area contributed by atoms with Crippen LogP contribution in [0.15, 0.2) is 48.9 Å². The van der Waals surface area contributed by atoms with E-state index in [9.17, 15) is 22.8 Å². The molecular weight excluding hydrogens is 521 g/mol. The zero-order chi connectivity index (χ0) is 28.3. The predicted molar refractivity (Wildman–Crippen MR) is 144 cm³/mol. The largest absolute Gasteiger partial charge is 0.418 e. The lowest BCUT2D eigenvalue weighted by molar-refractivity contribution is -0.137. The van der Waals surface area contributed by atoms with E-state index in [4.69, 9.17) is 0 Å². The van der Waals surface area contributed by atoms with Crippen LogP contribution in [0.25, 0.3) is 0 Å². The number of benzene rings is 1. The van der Waals surface area contributed by atoms with Crippen molar-refractivity contribution in [1.82, 2.24) is 20.3 Å². The van der Waals surface area contributed by atoms with Crippen molar-refractivity contribution >= 4 is 29.0 Å². The molecular formula is C29H31F3N6O2. The molecule has 1 saturated carbocycles. The minimum Gasteiger partial charge on any atom is -0.354 e. The number of ketones is 1. The number of halogens is 3. The Morgan fingerprint density at radius 2 is 1.70 bits per heavy atom. The molecule has 0 unspecified atom stereocenters. The Morgan fingerprint density at radius 1 is 0.975 bits per heavy atom. The lowest BCUT2D eigenvalue weighted by Gasteiger charge is -2.26. The fourth-order valence-corrected chi connectivity index (χ4v) is 4.89. The summed E-state index contributed by atoms with van der Waals surface area (Å²) in [5, 5.41) is 5.63. The van der Waals surface area contributed by atoms with E-state index >= 15 is 0 Å². The van der Waals surface area contributed by atoms with Crippen molar-refractivity contribution in [2.75, 3.05) is 23.3 Å². The highest BCUT2D eigenvalue weighted by Crippen LogP contribution is 2.49. The van der Waals surface area contributed by atoms with Gasteiger partial charge in [0.15, 0.2) is 5.78 Å². The zero-order valence-corrected chi connectivity index (χ0v) is 22.2. The van der Waals surface area contributed by atoms with Crippen molar-refractivity contribution in [3.05, 3.63) is 71.3 Å². The van der Waals surface area contributed by atoms with Gasteiger partial charge in [0.25, 0.3) is 0 Å². The lowest BCUT2D eigenvalue weighted by atomic mass is 9.96. The highest BCUT2D eigenvalue weighted by molar-refractivity contribution is 6.00. The van der Waals surface area contributed by atoms with E-state index in [0.29, 0.717) is 41.3 Å². The fourth-order valence-electron chi connectivity index (χ4n) is 4.89. The van der Waals surface area contributed by atoms with Crippen LogP contribution in [0.2, 0.25) is 0 Å². The molecule has 5 rings (SSSR count). The number of nitrogens with one attached hydrogen (secondary N) is 2. The number of pyridine rings is 1. The van der Waals surface area contributed by atoms with Crippen LogP contribution in [0.5, 0.6) is 0 Å². The molecule has 3 aromatic rings. The van der Waals surface area contributed by atoms with Crippen molar-refractivity contribution in [1.29, 1.82) is 0 Å². The van der Waals surface area contributed by atoms with Crippen LogP contribution in [-0.2, 0) is 17.5 Å². The smallest absolute Gasteiger partial charge is 0.354 e. The molecule has 40 heavy (non-hydrogen) atoms. The number of aromatic nitrogens is 3. The molecule has 1 amide bonds. The summed E-state index contributed by atoms with van der Waals surface area (Å²) < 4.78 is 40.2. The number of carbonyl (C=O) groups is 2. The Hall–Kier alpha value is -4.02. The Morgan fingerprint density at radius 3 is 2.33 bits per heavy atom. The summed E-state index contributed by atoms with van der Waals surface area (Å²) in [6.07, 6.45) is 4.75. The standard InChI is InChI=1S/C29H31F3N6O2/c1-19-5-8-24(23(13-19)29(30,31)32)37-22-7-6-21(33-18-22)17-34-26(40)28(9-10-28)14-25(39)20-15-35-27(36-16-20)38-11-3-2-4-12-38/h5-8,13,15-16,18,37H,2-4,9-12,14,17H2,1H3,(H,34,40). The summed E-state index contributed by atoms with van der Waals surface area (Å²) >= 11 is 0. The molecule has 2 aliphatic rings. The minimum atomic E-state index is -4.49. The number of aryl methyl sites for hydroxylation is 1. The second kappa shape index (κ2) is 11.2. The van der Waals surface area contributed by atoms with Crippen molar-refractivity contribution in [2.24, 2.45) is 5.41 Å². The molecule has 210 valence electrons. The number of hydrogen-bond acceptors (Lipinski definition) is 7. The second-order valence-electron chi connectivity index (χ2n) is 10.6. The van der Waals surface area contributed by atoms with Crippen LogP contribution >= 0.6 is 0 Å². The van der Waals surface area contributed by atoms with Crippen molar-refractivity contribution in [3.63, 3.8) is 0 Å². The monoisotopic (exact) mass is 552 g/mol. The van der Waals surface area contributed by atoms with Crippen LogP contribution < -0.4 is 15.5 Å². The number of carbonyl (C=O) groups excluding carboxylic acids is 2. The van der Waals surface area contributed by atoms with Crippen LogP contribution in [0.3, 0.4) is 0 Å². The average Bonchev–Trinajstić information content (AvgIpc) is 3.74. The van der Waals surface area contributed by atoms with Gasteiger partial charge in [-0.1, -0.05) is 11.6 Å². The van der Waals surface area contributed by atoms with E-state index in [-0.39, 0.29) is 30.3 Å². The van der Waals surface area contributed by atoms with Crippen LogP contribution in [-0.4, -0.2) is 39.7 Å². The predicted octanol–water partition coefficient (Wildman–Crippen LogP) is 5.60. The first-order chi connectivity index (χ1) is 19.1. The highest BCUT2D eigenvalue weighted by Gasteiger charge is 2.51. The molecule has 0 bridgehead atoms.